The summed E-state index contributed by atoms with van der Waals surface area (Å²) in [5.74, 6) is 0.797. The molecule has 0 spiro atoms. The molecular weight excluding hydrogens is 290 g/mol. The van der Waals surface area contributed by atoms with Crippen LogP contribution in [-0.2, 0) is 11.3 Å². The number of ether oxygens (including phenoxy) is 1. The molecule has 6 nitrogen and oxygen atoms in total. The van der Waals surface area contributed by atoms with E-state index in [0.717, 1.165) is 5.76 Å². The smallest absolute Gasteiger partial charge is 0.258 e. The summed E-state index contributed by atoms with van der Waals surface area (Å²) in [5, 5.41) is 5.14. The second-order valence-corrected chi connectivity index (χ2v) is 5.42. The first-order valence-electron chi connectivity index (χ1n) is 6.49. The highest BCUT2D eigenvalue weighted by Crippen LogP contribution is 2.14. The van der Waals surface area contributed by atoms with Gasteiger partial charge in [-0.3, -0.25) is 14.5 Å². The maximum atomic E-state index is 11.9. The quantitative estimate of drug-likeness (QED) is 0.752. The van der Waals surface area contributed by atoms with Crippen LogP contribution in [-0.4, -0.2) is 23.1 Å². The van der Waals surface area contributed by atoms with Crippen LogP contribution in [0.25, 0.3) is 4.96 Å². The number of nitrogens with zero attached hydrogens (tertiary/aromatic N) is 2. The second kappa shape index (κ2) is 6.21. The van der Waals surface area contributed by atoms with Crippen LogP contribution in [0.2, 0.25) is 0 Å². The molecule has 3 heterocycles. The van der Waals surface area contributed by atoms with Crippen LogP contribution in [0.3, 0.4) is 0 Å². The van der Waals surface area contributed by atoms with Gasteiger partial charge in [-0.1, -0.05) is 0 Å². The minimum Gasteiger partial charge on any atom is -0.468 e. The summed E-state index contributed by atoms with van der Waals surface area (Å²) in [7, 11) is 1.64. The Morgan fingerprint density at radius 2 is 2.48 bits per heavy atom. The fourth-order valence-corrected chi connectivity index (χ4v) is 2.84. The van der Waals surface area contributed by atoms with Gasteiger partial charge in [-0.15, -0.1) is 11.3 Å². The molecule has 0 aliphatic carbocycles. The van der Waals surface area contributed by atoms with Crippen molar-refractivity contribution in [2.45, 2.75) is 12.6 Å². The summed E-state index contributed by atoms with van der Waals surface area (Å²) in [6, 6.07) is 5.19. The van der Waals surface area contributed by atoms with Gasteiger partial charge < -0.3 is 9.15 Å². The maximum absolute atomic E-state index is 11.9. The molecule has 0 aromatic carbocycles. The molecule has 0 aliphatic rings. The highest BCUT2D eigenvalue weighted by molar-refractivity contribution is 7.15. The standard InChI is InChI=1S/C14H15N3O3S/c1-19-9-11(12-3-2-5-20-12)15-8-10-7-13(18)17-4-6-21-14(17)16-10/h2-7,11,15H,8-9H2,1H3. The van der Waals surface area contributed by atoms with Crippen molar-refractivity contribution in [1.29, 1.82) is 0 Å². The fraction of sp³-hybridized carbons (Fsp3) is 0.286. The number of nitrogens with one attached hydrogen (secondary N) is 1. The van der Waals surface area contributed by atoms with Gasteiger partial charge in [0, 0.05) is 31.3 Å². The van der Waals surface area contributed by atoms with Gasteiger partial charge in [-0.2, -0.15) is 0 Å². The number of hydrogen-bond acceptors (Lipinski definition) is 6. The zero-order valence-electron chi connectivity index (χ0n) is 11.5. The van der Waals surface area contributed by atoms with E-state index in [1.165, 1.54) is 15.7 Å². The van der Waals surface area contributed by atoms with Crippen molar-refractivity contribution in [3.63, 3.8) is 0 Å². The zero-order valence-corrected chi connectivity index (χ0v) is 12.3. The SMILES string of the molecule is COCC(NCc1cc(=O)n2ccsc2n1)c1ccco1. The molecule has 3 rings (SSSR count). The zero-order chi connectivity index (χ0) is 14.7. The molecule has 0 aliphatic heterocycles. The van der Waals surface area contributed by atoms with Gasteiger partial charge in [0.2, 0.25) is 0 Å². The Kier molecular flexibility index (Phi) is 4.14. The van der Waals surface area contributed by atoms with Crippen molar-refractivity contribution in [1.82, 2.24) is 14.7 Å². The Morgan fingerprint density at radius 3 is 3.24 bits per heavy atom. The number of fused-ring (bicyclic) bond motifs is 1. The van der Waals surface area contributed by atoms with Crippen LogP contribution in [0.1, 0.15) is 17.5 Å². The number of thiazole rings is 1. The van der Waals surface area contributed by atoms with E-state index >= 15 is 0 Å². The predicted octanol–water partition coefficient (Wildman–Crippen LogP) is 1.83. The predicted molar refractivity (Wildman–Crippen MR) is 79.5 cm³/mol. The van der Waals surface area contributed by atoms with Gasteiger partial charge in [0.15, 0.2) is 4.96 Å². The van der Waals surface area contributed by atoms with Crippen LogP contribution in [0.4, 0.5) is 0 Å². The van der Waals surface area contributed by atoms with E-state index in [2.05, 4.69) is 10.3 Å². The van der Waals surface area contributed by atoms with Gasteiger partial charge in [0.1, 0.15) is 5.76 Å². The highest BCUT2D eigenvalue weighted by atomic mass is 32.1. The molecule has 0 saturated heterocycles. The maximum Gasteiger partial charge on any atom is 0.258 e. The lowest BCUT2D eigenvalue weighted by molar-refractivity contribution is 0.156. The van der Waals surface area contributed by atoms with E-state index < -0.39 is 0 Å². The van der Waals surface area contributed by atoms with Crippen LogP contribution in [0.5, 0.6) is 0 Å². The minimum absolute atomic E-state index is 0.0701. The largest absolute Gasteiger partial charge is 0.468 e. The first-order valence-corrected chi connectivity index (χ1v) is 7.37. The van der Waals surface area contributed by atoms with Crippen LogP contribution < -0.4 is 10.9 Å². The van der Waals surface area contributed by atoms with E-state index in [9.17, 15) is 4.79 Å². The van der Waals surface area contributed by atoms with Gasteiger partial charge in [-0.25, -0.2) is 4.98 Å². The average molecular weight is 305 g/mol. The number of hydrogen-bond donors (Lipinski definition) is 1. The third-order valence-corrected chi connectivity index (χ3v) is 3.86. The Bertz CT molecular complexity index is 763. The lowest BCUT2D eigenvalue weighted by Crippen LogP contribution is -2.26. The Morgan fingerprint density at radius 1 is 1.57 bits per heavy atom. The number of methoxy groups -OCH3 is 1. The van der Waals surface area contributed by atoms with E-state index in [4.69, 9.17) is 9.15 Å². The minimum atomic E-state index is -0.0754. The molecule has 0 bridgehead atoms. The lowest BCUT2D eigenvalue weighted by atomic mass is 10.2. The van der Waals surface area contributed by atoms with Gasteiger partial charge in [0.05, 0.1) is 24.6 Å². The molecule has 0 radical (unpaired) electrons. The number of rotatable bonds is 6. The summed E-state index contributed by atoms with van der Waals surface area (Å²) in [6.07, 6.45) is 3.35. The molecule has 21 heavy (non-hydrogen) atoms. The van der Waals surface area contributed by atoms with Crippen molar-refractivity contribution >= 4 is 16.3 Å². The summed E-state index contributed by atoms with van der Waals surface area (Å²) < 4.78 is 12.1. The molecule has 110 valence electrons. The number of aromatic nitrogens is 2. The Balaban J connectivity index is 1.76. The van der Waals surface area contributed by atoms with Crippen molar-refractivity contribution in [2.75, 3.05) is 13.7 Å². The number of furan rings is 1. The molecule has 1 unspecified atom stereocenters. The second-order valence-electron chi connectivity index (χ2n) is 4.55. The van der Waals surface area contributed by atoms with E-state index in [-0.39, 0.29) is 11.6 Å². The molecule has 1 N–H and O–H groups in total. The van der Waals surface area contributed by atoms with Crippen LogP contribution in [0, 0.1) is 0 Å². The fourth-order valence-electron chi connectivity index (χ4n) is 2.10. The van der Waals surface area contributed by atoms with Gasteiger partial charge in [-0.05, 0) is 12.1 Å². The first kappa shape index (κ1) is 14.0. The average Bonchev–Trinajstić information content (AvgIpc) is 3.14. The van der Waals surface area contributed by atoms with Crippen LogP contribution in [0.15, 0.2) is 45.3 Å². The molecule has 3 aromatic rings. The van der Waals surface area contributed by atoms with Crippen LogP contribution >= 0.6 is 11.3 Å². The topological polar surface area (TPSA) is 68.8 Å². The summed E-state index contributed by atoms with van der Waals surface area (Å²) in [6.45, 7) is 0.951. The third kappa shape index (κ3) is 3.05. The normalized spacial score (nSPS) is 12.8. The highest BCUT2D eigenvalue weighted by Gasteiger charge is 2.14. The molecule has 7 heteroatoms. The van der Waals surface area contributed by atoms with E-state index in [1.54, 1.807) is 25.6 Å². The summed E-state index contributed by atoms with van der Waals surface area (Å²) in [5.41, 5.74) is 0.634. The summed E-state index contributed by atoms with van der Waals surface area (Å²) >= 11 is 1.44. The Labute approximate surface area is 125 Å². The lowest BCUT2D eigenvalue weighted by Gasteiger charge is -2.15. The molecular formula is C14H15N3O3S. The van der Waals surface area contributed by atoms with Crippen molar-refractivity contribution in [3.8, 4) is 0 Å². The molecule has 0 fully saturated rings. The van der Waals surface area contributed by atoms with Crippen molar-refractivity contribution in [3.05, 3.63) is 57.8 Å². The molecule has 0 amide bonds. The van der Waals surface area contributed by atoms with Gasteiger partial charge >= 0.3 is 0 Å². The molecule has 3 aromatic heterocycles. The molecule has 0 saturated carbocycles. The third-order valence-electron chi connectivity index (χ3n) is 3.11. The van der Waals surface area contributed by atoms with Crippen molar-refractivity contribution in [2.24, 2.45) is 0 Å². The van der Waals surface area contributed by atoms with Crippen molar-refractivity contribution < 1.29 is 9.15 Å². The Hall–Kier alpha value is -1.96. The van der Waals surface area contributed by atoms with E-state index in [1.807, 2.05) is 17.5 Å². The monoisotopic (exact) mass is 305 g/mol. The summed E-state index contributed by atoms with van der Waals surface area (Å²) in [4.78, 5) is 17.1. The molecule has 1 atom stereocenters. The first-order chi connectivity index (χ1) is 10.3. The van der Waals surface area contributed by atoms with Gasteiger partial charge in [0.25, 0.3) is 5.56 Å². The van der Waals surface area contributed by atoms with E-state index in [0.29, 0.717) is 23.8 Å².